The van der Waals surface area contributed by atoms with Crippen LogP contribution in [0.5, 0.6) is 0 Å². The second-order valence-electron chi connectivity index (χ2n) is 5.21. The predicted molar refractivity (Wildman–Crippen MR) is 85.2 cm³/mol. The molecule has 0 saturated heterocycles. The number of hydrogen-bond donors (Lipinski definition) is 2. The molecule has 1 aromatic heterocycles. The number of aryl methyl sites for hydroxylation is 2. The maximum Gasteiger partial charge on any atom is 0.252 e. The summed E-state index contributed by atoms with van der Waals surface area (Å²) < 4.78 is 0. The van der Waals surface area contributed by atoms with Crippen LogP contribution in [0.2, 0.25) is 0 Å². The van der Waals surface area contributed by atoms with Gasteiger partial charge in [-0.2, -0.15) is 0 Å². The first-order chi connectivity index (χ1) is 9.88. The van der Waals surface area contributed by atoms with E-state index in [1.807, 2.05) is 49.2 Å². The Balaban J connectivity index is 2.39. The van der Waals surface area contributed by atoms with Crippen LogP contribution in [0.4, 0.5) is 11.4 Å². The van der Waals surface area contributed by atoms with Crippen molar-refractivity contribution in [2.24, 2.45) is 5.73 Å². The third kappa shape index (κ3) is 3.31. The molecular formula is C16H20N4O. The standard InChI is InChI=1S/C16H20N4O/c1-10-7-14(15(16(18)21)11(2)19-10)20(3)9-12-5-4-6-13(17)8-12/h4-8H,9,17H2,1-3H3,(H2,18,21). The molecule has 1 heterocycles. The maximum atomic E-state index is 11.7. The van der Waals surface area contributed by atoms with Crippen LogP contribution in [0.3, 0.4) is 0 Å². The van der Waals surface area contributed by atoms with Gasteiger partial charge in [-0.3, -0.25) is 9.78 Å². The van der Waals surface area contributed by atoms with Crippen LogP contribution in [-0.2, 0) is 6.54 Å². The van der Waals surface area contributed by atoms with Crippen molar-refractivity contribution in [1.29, 1.82) is 0 Å². The molecular weight excluding hydrogens is 264 g/mol. The fourth-order valence-electron chi connectivity index (χ4n) is 2.46. The van der Waals surface area contributed by atoms with Crippen molar-refractivity contribution in [2.75, 3.05) is 17.7 Å². The van der Waals surface area contributed by atoms with E-state index in [0.29, 0.717) is 17.8 Å². The van der Waals surface area contributed by atoms with Gasteiger partial charge in [0.15, 0.2) is 0 Å². The number of anilines is 2. The zero-order chi connectivity index (χ0) is 15.6. The highest BCUT2D eigenvalue weighted by atomic mass is 16.1. The van der Waals surface area contributed by atoms with E-state index in [1.54, 1.807) is 6.92 Å². The number of aromatic nitrogens is 1. The van der Waals surface area contributed by atoms with Crippen LogP contribution in [-0.4, -0.2) is 17.9 Å². The van der Waals surface area contributed by atoms with Crippen LogP contribution in [0.25, 0.3) is 0 Å². The normalized spacial score (nSPS) is 10.4. The molecule has 0 atom stereocenters. The largest absolute Gasteiger partial charge is 0.399 e. The first kappa shape index (κ1) is 14.8. The lowest BCUT2D eigenvalue weighted by molar-refractivity contribution is 0.1000. The smallest absolute Gasteiger partial charge is 0.252 e. The summed E-state index contributed by atoms with van der Waals surface area (Å²) in [6, 6.07) is 9.55. The van der Waals surface area contributed by atoms with Crippen LogP contribution in [0.1, 0.15) is 27.3 Å². The number of carbonyl (C=O) groups excluding carboxylic acids is 1. The molecule has 2 rings (SSSR count). The van der Waals surface area contributed by atoms with E-state index in [1.165, 1.54) is 0 Å². The lowest BCUT2D eigenvalue weighted by Gasteiger charge is -2.23. The van der Waals surface area contributed by atoms with E-state index in [9.17, 15) is 4.79 Å². The van der Waals surface area contributed by atoms with Crippen LogP contribution in [0, 0.1) is 13.8 Å². The third-order valence-corrected chi connectivity index (χ3v) is 3.34. The molecule has 0 aliphatic rings. The number of benzene rings is 1. The van der Waals surface area contributed by atoms with Gasteiger partial charge in [0.1, 0.15) is 0 Å². The van der Waals surface area contributed by atoms with E-state index < -0.39 is 5.91 Å². The lowest BCUT2D eigenvalue weighted by atomic mass is 10.1. The van der Waals surface area contributed by atoms with Gasteiger partial charge in [-0.1, -0.05) is 12.1 Å². The number of amides is 1. The Morgan fingerprint density at radius 1 is 1.29 bits per heavy atom. The highest BCUT2D eigenvalue weighted by Crippen LogP contribution is 2.24. The average Bonchev–Trinajstić information content (AvgIpc) is 2.37. The van der Waals surface area contributed by atoms with Gasteiger partial charge < -0.3 is 16.4 Å². The molecule has 4 N–H and O–H groups in total. The molecule has 2 aromatic rings. The number of nitrogens with two attached hydrogens (primary N) is 2. The topological polar surface area (TPSA) is 85.2 Å². The van der Waals surface area contributed by atoms with Gasteiger partial charge in [0.25, 0.3) is 5.91 Å². The summed E-state index contributed by atoms with van der Waals surface area (Å²) in [6.45, 7) is 4.33. The molecule has 110 valence electrons. The molecule has 1 amide bonds. The number of rotatable bonds is 4. The molecule has 0 aliphatic heterocycles. The van der Waals surface area contributed by atoms with E-state index in [-0.39, 0.29) is 0 Å². The summed E-state index contributed by atoms with van der Waals surface area (Å²) in [4.78, 5) is 18.0. The number of primary amides is 1. The maximum absolute atomic E-state index is 11.7. The molecule has 0 fully saturated rings. The van der Waals surface area contributed by atoms with Crippen molar-refractivity contribution in [1.82, 2.24) is 4.98 Å². The molecule has 0 radical (unpaired) electrons. The molecule has 0 spiro atoms. The summed E-state index contributed by atoms with van der Waals surface area (Å²) in [5.41, 5.74) is 15.8. The number of nitrogens with zero attached hydrogens (tertiary/aromatic N) is 2. The quantitative estimate of drug-likeness (QED) is 0.841. The Labute approximate surface area is 124 Å². The SMILES string of the molecule is Cc1cc(N(C)Cc2cccc(N)c2)c(C(N)=O)c(C)n1. The van der Waals surface area contributed by atoms with Crippen LogP contribution < -0.4 is 16.4 Å². The molecule has 0 unspecified atom stereocenters. The Kier molecular flexibility index (Phi) is 4.12. The number of nitrogen functional groups attached to an aromatic ring is 1. The van der Waals surface area contributed by atoms with Crippen LogP contribution in [0.15, 0.2) is 30.3 Å². The van der Waals surface area contributed by atoms with Gasteiger partial charge in [0, 0.05) is 25.0 Å². The molecule has 0 aliphatic carbocycles. The Morgan fingerprint density at radius 2 is 2.00 bits per heavy atom. The van der Waals surface area contributed by atoms with E-state index >= 15 is 0 Å². The van der Waals surface area contributed by atoms with Crippen molar-refractivity contribution in [3.8, 4) is 0 Å². The fourth-order valence-corrected chi connectivity index (χ4v) is 2.46. The predicted octanol–water partition coefficient (Wildman–Crippen LogP) is 2.02. The molecule has 21 heavy (non-hydrogen) atoms. The fraction of sp³-hybridized carbons (Fsp3) is 0.250. The minimum atomic E-state index is -0.463. The number of pyridine rings is 1. The van der Waals surface area contributed by atoms with E-state index in [4.69, 9.17) is 11.5 Å². The summed E-state index contributed by atoms with van der Waals surface area (Å²) in [5, 5.41) is 0. The molecule has 5 nitrogen and oxygen atoms in total. The lowest BCUT2D eigenvalue weighted by Crippen LogP contribution is -2.24. The van der Waals surface area contributed by atoms with Gasteiger partial charge in [-0.05, 0) is 37.6 Å². The van der Waals surface area contributed by atoms with Gasteiger partial charge in [-0.25, -0.2) is 0 Å². The second kappa shape index (κ2) is 5.83. The molecule has 1 aromatic carbocycles. The van der Waals surface area contributed by atoms with Crippen LogP contribution >= 0.6 is 0 Å². The summed E-state index contributed by atoms with van der Waals surface area (Å²) in [7, 11) is 1.92. The van der Waals surface area contributed by atoms with E-state index in [2.05, 4.69) is 4.98 Å². The Hall–Kier alpha value is -2.56. The molecule has 0 bridgehead atoms. The summed E-state index contributed by atoms with van der Waals surface area (Å²) in [6.07, 6.45) is 0. The third-order valence-electron chi connectivity index (χ3n) is 3.34. The molecule has 0 saturated carbocycles. The molecule has 5 heteroatoms. The van der Waals surface area contributed by atoms with Crippen molar-refractivity contribution >= 4 is 17.3 Å². The van der Waals surface area contributed by atoms with Crippen molar-refractivity contribution in [3.05, 3.63) is 52.8 Å². The average molecular weight is 284 g/mol. The summed E-state index contributed by atoms with van der Waals surface area (Å²) >= 11 is 0. The minimum absolute atomic E-state index is 0.463. The minimum Gasteiger partial charge on any atom is -0.399 e. The Bertz CT molecular complexity index is 682. The first-order valence-corrected chi connectivity index (χ1v) is 6.72. The van der Waals surface area contributed by atoms with E-state index in [0.717, 1.165) is 22.6 Å². The summed E-state index contributed by atoms with van der Waals surface area (Å²) in [5.74, 6) is -0.463. The van der Waals surface area contributed by atoms with Gasteiger partial charge in [0.2, 0.25) is 0 Å². The highest BCUT2D eigenvalue weighted by molar-refractivity contribution is 5.99. The zero-order valence-corrected chi connectivity index (χ0v) is 12.6. The second-order valence-corrected chi connectivity index (χ2v) is 5.21. The van der Waals surface area contributed by atoms with Crippen molar-refractivity contribution in [2.45, 2.75) is 20.4 Å². The van der Waals surface area contributed by atoms with Gasteiger partial charge in [0.05, 0.1) is 16.9 Å². The van der Waals surface area contributed by atoms with Gasteiger partial charge in [-0.15, -0.1) is 0 Å². The van der Waals surface area contributed by atoms with Crippen molar-refractivity contribution in [3.63, 3.8) is 0 Å². The first-order valence-electron chi connectivity index (χ1n) is 6.72. The number of hydrogen-bond acceptors (Lipinski definition) is 4. The number of carbonyl (C=O) groups is 1. The Morgan fingerprint density at radius 3 is 2.62 bits per heavy atom. The highest BCUT2D eigenvalue weighted by Gasteiger charge is 2.17. The van der Waals surface area contributed by atoms with Gasteiger partial charge >= 0.3 is 0 Å². The monoisotopic (exact) mass is 284 g/mol. The zero-order valence-electron chi connectivity index (χ0n) is 12.6. The van der Waals surface area contributed by atoms with Crippen molar-refractivity contribution < 1.29 is 4.79 Å².